The van der Waals surface area contributed by atoms with Gasteiger partial charge in [0.05, 0.1) is 19.5 Å². The van der Waals surface area contributed by atoms with Crippen LogP contribution in [0.1, 0.15) is 5.56 Å². The summed E-state index contributed by atoms with van der Waals surface area (Å²) in [6.07, 6.45) is 0.417. The SMILES string of the molecule is [C-]#[N+]c1ccc(OC/C(=C/F)CN)cc1CO. The third-order valence-corrected chi connectivity index (χ3v) is 2.18. The molecule has 90 valence electrons. The van der Waals surface area contributed by atoms with Gasteiger partial charge in [-0.15, -0.1) is 0 Å². The van der Waals surface area contributed by atoms with E-state index in [-0.39, 0.29) is 19.8 Å². The van der Waals surface area contributed by atoms with Crippen molar-refractivity contribution in [2.75, 3.05) is 13.2 Å². The summed E-state index contributed by atoms with van der Waals surface area (Å²) >= 11 is 0. The van der Waals surface area contributed by atoms with Crippen LogP contribution in [0.3, 0.4) is 0 Å². The minimum atomic E-state index is -0.238. The Balaban J connectivity index is 2.77. The zero-order valence-electron chi connectivity index (χ0n) is 9.19. The molecule has 0 amide bonds. The third kappa shape index (κ3) is 3.55. The van der Waals surface area contributed by atoms with Crippen molar-refractivity contribution in [2.24, 2.45) is 5.73 Å². The van der Waals surface area contributed by atoms with Crippen LogP contribution in [-0.4, -0.2) is 18.3 Å². The highest BCUT2D eigenvalue weighted by Crippen LogP contribution is 2.24. The van der Waals surface area contributed by atoms with E-state index in [0.717, 1.165) is 0 Å². The molecule has 0 heterocycles. The smallest absolute Gasteiger partial charge is 0.192 e. The summed E-state index contributed by atoms with van der Waals surface area (Å²) in [6, 6.07) is 4.70. The second-order valence-corrected chi connectivity index (χ2v) is 3.32. The summed E-state index contributed by atoms with van der Waals surface area (Å²) in [5.41, 5.74) is 6.48. The van der Waals surface area contributed by atoms with Gasteiger partial charge in [-0.3, -0.25) is 0 Å². The molecule has 1 rings (SSSR count). The van der Waals surface area contributed by atoms with E-state index >= 15 is 0 Å². The van der Waals surface area contributed by atoms with E-state index in [2.05, 4.69) is 4.85 Å². The highest BCUT2D eigenvalue weighted by atomic mass is 19.1. The van der Waals surface area contributed by atoms with Crippen LogP contribution in [0.4, 0.5) is 10.1 Å². The normalized spacial score (nSPS) is 11.1. The second-order valence-electron chi connectivity index (χ2n) is 3.32. The van der Waals surface area contributed by atoms with Crippen LogP contribution in [0.2, 0.25) is 0 Å². The van der Waals surface area contributed by atoms with Crippen LogP contribution in [-0.2, 0) is 6.61 Å². The quantitative estimate of drug-likeness (QED) is 0.768. The molecule has 5 heteroatoms. The molecule has 0 saturated carbocycles. The first-order chi connectivity index (χ1) is 8.24. The van der Waals surface area contributed by atoms with Crippen LogP contribution in [0.5, 0.6) is 5.75 Å². The van der Waals surface area contributed by atoms with E-state index in [1.54, 1.807) is 18.2 Å². The number of nitrogens with zero attached hydrogens (tertiary/aromatic N) is 1. The topological polar surface area (TPSA) is 59.8 Å². The highest BCUT2D eigenvalue weighted by Gasteiger charge is 2.04. The maximum atomic E-state index is 12.2. The summed E-state index contributed by atoms with van der Waals surface area (Å²) in [5, 5.41) is 9.05. The molecule has 0 aliphatic rings. The van der Waals surface area contributed by atoms with Gasteiger partial charge in [-0.1, -0.05) is 6.07 Å². The van der Waals surface area contributed by atoms with Crippen LogP contribution >= 0.6 is 0 Å². The zero-order valence-corrected chi connectivity index (χ0v) is 9.19. The van der Waals surface area contributed by atoms with Crippen molar-refractivity contribution in [3.63, 3.8) is 0 Å². The number of benzene rings is 1. The zero-order chi connectivity index (χ0) is 12.7. The molecule has 0 fully saturated rings. The third-order valence-electron chi connectivity index (χ3n) is 2.18. The van der Waals surface area contributed by atoms with Gasteiger partial charge in [0, 0.05) is 12.1 Å². The average Bonchev–Trinajstić information content (AvgIpc) is 2.39. The van der Waals surface area contributed by atoms with Gasteiger partial charge in [-0.05, 0) is 17.7 Å². The first kappa shape index (κ1) is 13.2. The van der Waals surface area contributed by atoms with Crippen molar-refractivity contribution in [3.05, 3.63) is 47.1 Å². The molecule has 17 heavy (non-hydrogen) atoms. The molecule has 0 saturated heterocycles. The molecular weight excluding hydrogens is 223 g/mol. The van der Waals surface area contributed by atoms with Crippen molar-refractivity contribution < 1.29 is 14.2 Å². The van der Waals surface area contributed by atoms with E-state index in [1.165, 1.54) is 0 Å². The average molecular weight is 236 g/mol. The largest absolute Gasteiger partial charge is 0.489 e. The van der Waals surface area contributed by atoms with Crippen molar-refractivity contribution in [1.29, 1.82) is 0 Å². The number of aliphatic hydroxyl groups is 1. The molecule has 3 N–H and O–H groups in total. The standard InChI is InChI=1S/C12H13FN2O2/c1-15-12-3-2-11(4-10(12)7-16)17-8-9(5-13)6-14/h2-5,16H,6-8,14H2/b9-5+. The molecule has 4 nitrogen and oxygen atoms in total. The highest BCUT2D eigenvalue weighted by molar-refractivity contribution is 5.54. The van der Waals surface area contributed by atoms with Gasteiger partial charge >= 0.3 is 0 Å². The van der Waals surface area contributed by atoms with Crippen molar-refractivity contribution >= 4 is 5.69 Å². The summed E-state index contributed by atoms with van der Waals surface area (Å²) in [6.45, 7) is 6.79. The minimum absolute atomic E-state index is 0.0508. The van der Waals surface area contributed by atoms with Crippen LogP contribution in [0.25, 0.3) is 4.85 Å². The molecule has 0 radical (unpaired) electrons. The van der Waals surface area contributed by atoms with Crippen molar-refractivity contribution in [2.45, 2.75) is 6.61 Å². The summed E-state index contributed by atoms with van der Waals surface area (Å²) in [5.74, 6) is 0.467. The molecule has 0 aliphatic carbocycles. The molecule has 0 atom stereocenters. The van der Waals surface area contributed by atoms with Gasteiger partial charge in [-0.2, -0.15) is 0 Å². The fourth-order valence-electron chi connectivity index (χ4n) is 1.20. The summed E-state index contributed by atoms with van der Waals surface area (Å²) in [7, 11) is 0. The van der Waals surface area contributed by atoms with E-state index in [4.69, 9.17) is 22.1 Å². The number of halogens is 1. The van der Waals surface area contributed by atoms with Crippen LogP contribution < -0.4 is 10.5 Å². The maximum Gasteiger partial charge on any atom is 0.192 e. The number of nitrogens with two attached hydrogens (primary N) is 1. The Labute approximate surface area is 98.9 Å². The van der Waals surface area contributed by atoms with Gasteiger partial charge in [-0.25, -0.2) is 9.24 Å². The lowest BCUT2D eigenvalue weighted by Gasteiger charge is -2.09. The monoisotopic (exact) mass is 236 g/mol. The van der Waals surface area contributed by atoms with Gasteiger partial charge in [0.2, 0.25) is 0 Å². The predicted molar refractivity (Wildman–Crippen MR) is 62.4 cm³/mol. The van der Waals surface area contributed by atoms with E-state index in [1.807, 2.05) is 0 Å². The fourth-order valence-corrected chi connectivity index (χ4v) is 1.20. The number of hydrogen-bond donors (Lipinski definition) is 2. The van der Waals surface area contributed by atoms with Gasteiger partial charge < -0.3 is 15.6 Å². The van der Waals surface area contributed by atoms with Crippen molar-refractivity contribution in [3.8, 4) is 5.75 Å². The maximum absolute atomic E-state index is 12.2. The minimum Gasteiger partial charge on any atom is -0.489 e. The Morgan fingerprint density at radius 3 is 2.88 bits per heavy atom. The lowest BCUT2D eigenvalue weighted by Crippen LogP contribution is -2.10. The molecule has 1 aromatic rings. The first-order valence-corrected chi connectivity index (χ1v) is 4.97. The molecule has 0 spiro atoms. The van der Waals surface area contributed by atoms with E-state index < -0.39 is 0 Å². The van der Waals surface area contributed by atoms with E-state index in [9.17, 15) is 4.39 Å². The molecule has 0 unspecified atom stereocenters. The van der Waals surface area contributed by atoms with E-state index in [0.29, 0.717) is 28.9 Å². The Morgan fingerprint density at radius 2 is 2.35 bits per heavy atom. The Hall–Kier alpha value is -1.90. The number of aliphatic hydroxyl groups excluding tert-OH is 1. The fraction of sp³-hybridized carbons (Fsp3) is 0.250. The number of rotatable bonds is 5. The molecule has 1 aromatic carbocycles. The van der Waals surface area contributed by atoms with Gasteiger partial charge in [0.25, 0.3) is 0 Å². The lowest BCUT2D eigenvalue weighted by atomic mass is 10.2. The first-order valence-electron chi connectivity index (χ1n) is 4.97. The Morgan fingerprint density at radius 1 is 1.59 bits per heavy atom. The number of hydrogen-bond acceptors (Lipinski definition) is 3. The predicted octanol–water partition coefficient (Wildman–Crippen LogP) is 1.92. The summed E-state index contributed by atoms with van der Waals surface area (Å²) in [4.78, 5) is 3.25. The Kier molecular flexibility index (Phi) is 5.14. The van der Waals surface area contributed by atoms with Crippen molar-refractivity contribution in [1.82, 2.24) is 0 Å². The Bertz CT molecular complexity index is 452. The molecule has 0 aromatic heterocycles. The van der Waals surface area contributed by atoms with Crippen LogP contribution in [0.15, 0.2) is 30.1 Å². The second kappa shape index (κ2) is 6.63. The van der Waals surface area contributed by atoms with Gasteiger partial charge in [0.15, 0.2) is 5.69 Å². The molecule has 0 bridgehead atoms. The molecular formula is C12H13FN2O2. The van der Waals surface area contributed by atoms with Crippen LogP contribution in [0, 0.1) is 6.57 Å². The van der Waals surface area contributed by atoms with Gasteiger partial charge in [0.1, 0.15) is 12.4 Å². The lowest BCUT2D eigenvalue weighted by molar-refractivity contribution is 0.281. The molecule has 0 aliphatic heterocycles. The summed E-state index contributed by atoms with van der Waals surface area (Å²) < 4.78 is 17.5. The number of ether oxygens (including phenoxy) is 1.